The van der Waals surface area contributed by atoms with Crippen LogP contribution in [0.3, 0.4) is 0 Å². The van der Waals surface area contributed by atoms with Crippen LogP contribution in [0.15, 0.2) is 24.3 Å². The number of pyridine rings is 1. The molecule has 2 N–H and O–H groups in total. The summed E-state index contributed by atoms with van der Waals surface area (Å²) in [5, 5.41) is 7.46. The number of alkyl halides is 3. The van der Waals surface area contributed by atoms with Gasteiger partial charge in [-0.3, -0.25) is 4.79 Å². The summed E-state index contributed by atoms with van der Waals surface area (Å²) in [5.41, 5.74) is -0.586. The van der Waals surface area contributed by atoms with E-state index in [2.05, 4.69) is 15.6 Å². The van der Waals surface area contributed by atoms with Crippen LogP contribution in [0.5, 0.6) is 0 Å². The van der Waals surface area contributed by atoms with Gasteiger partial charge >= 0.3 is 6.18 Å². The smallest absolute Gasteiger partial charge is 0.382 e. The van der Waals surface area contributed by atoms with Crippen molar-refractivity contribution in [2.75, 3.05) is 11.9 Å². The lowest BCUT2D eigenvalue weighted by atomic mass is 9.86. The lowest BCUT2D eigenvalue weighted by molar-refractivity contribution is -0.141. The van der Waals surface area contributed by atoms with Gasteiger partial charge in [-0.1, -0.05) is 11.6 Å². The molecule has 1 unspecified atom stereocenters. The zero-order chi connectivity index (χ0) is 23.8. The molecular weight excluding hydrogens is 455 g/mol. The predicted molar refractivity (Wildman–Crippen MR) is 122 cm³/mol. The van der Waals surface area contributed by atoms with Gasteiger partial charge in [-0.15, -0.1) is 0 Å². The molecule has 1 aromatic carbocycles. The number of carbonyl (C=O) groups is 1. The molecule has 2 aromatic rings. The van der Waals surface area contributed by atoms with E-state index < -0.39 is 11.9 Å². The van der Waals surface area contributed by atoms with Crippen molar-refractivity contribution in [2.24, 2.45) is 5.92 Å². The third kappa shape index (κ3) is 5.90. The minimum atomic E-state index is -4.54. The minimum Gasteiger partial charge on any atom is -0.382 e. The van der Waals surface area contributed by atoms with E-state index in [1.54, 1.807) is 6.07 Å². The van der Waals surface area contributed by atoms with Gasteiger partial charge in [-0.25, -0.2) is 4.98 Å². The topological polar surface area (TPSA) is 63.2 Å². The van der Waals surface area contributed by atoms with Crippen molar-refractivity contribution in [3.63, 3.8) is 0 Å². The second kappa shape index (κ2) is 9.29. The number of halogens is 4. The normalized spacial score (nSPS) is 25.6. The van der Waals surface area contributed by atoms with Gasteiger partial charge in [0.1, 0.15) is 5.69 Å². The number of hydrogen-bond donors (Lipinski definition) is 2. The number of benzene rings is 1. The minimum absolute atomic E-state index is 0.00540. The lowest BCUT2D eigenvalue weighted by Crippen LogP contribution is -2.46. The van der Waals surface area contributed by atoms with Crippen LogP contribution < -0.4 is 10.6 Å². The molecule has 1 amide bonds. The fourth-order valence-corrected chi connectivity index (χ4v) is 5.01. The summed E-state index contributed by atoms with van der Waals surface area (Å²) in [6.07, 6.45) is -0.0744. The molecule has 33 heavy (non-hydrogen) atoms. The summed E-state index contributed by atoms with van der Waals surface area (Å²) in [6, 6.07) is 5.81. The fraction of sp³-hybridized carbons (Fsp3) is 0.583. The molecule has 0 bridgehead atoms. The molecule has 1 saturated carbocycles. The second-order valence-corrected chi connectivity index (χ2v) is 10.2. The van der Waals surface area contributed by atoms with Gasteiger partial charge in [-0.05, 0) is 76.6 Å². The Morgan fingerprint density at radius 1 is 1.12 bits per heavy atom. The first-order chi connectivity index (χ1) is 15.5. The van der Waals surface area contributed by atoms with Crippen LogP contribution >= 0.6 is 11.6 Å². The molecule has 0 spiro atoms. The van der Waals surface area contributed by atoms with Gasteiger partial charge in [0.2, 0.25) is 5.91 Å². The molecule has 0 radical (unpaired) electrons. The van der Waals surface area contributed by atoms with Gasteiger partial charge in [0.25, 0.3) is 0 Å². The maximum absolute atomic E-state index is 13.4. The first-order valence-corrected chi connectivity index (χ1v) is 11.8. The maximum Gasteiger partial charge on any atom is 0.433 e. The van der Waals surface area contributed by atoms with Crippen LogP contribution in [0, 0.1) is 5.92 Å². The van der Waals surface area contributed by atoms with E-state index >= 15 is 0 Å². The number of amides is 1. The fourth-order valence-electron chi connectivity index (χ4n) is 4.84. The largest absolute Gasteiger partial charge is 0.433 e. The van der Waals surface area contributed by atoms with E-state index in [4.69, 9.17) is 16.3 Å². The highest BCUT2D eigenvalue weighted by molar-refractivity contribution is 6.31. The van der Waals surface area contributed by atoms with E-state index in [1.165, 1.54) is 12.1 Å². The van der Waals surface area contributed by atoms with Crippen molar-refractivity contribution in [1.82, 2.24) is 10.3 Å². The highest BCUT2D eigenvalue weighted by atomic mass is 35.5. The number of nitrogens with one attached hydrogen (secondary N) is 2. The van der Waals surface area contributed by atoms with Crippen molar-refractivity contribution in [3.05, 3.63) is 35.0 Å². The molecule has 9 heteroatoms. The Morgan fingerprint density at radius 2 is 1.82 bits per heavy atom. The van der Waals surface area contributed by atoms with Crippen LogP contribution in [0.25, 0.3) is 10.9 Å². The van der Waals surface area contributed by atoms with Crippen molar-refractivity contribution in [3.8, 4) is 0 Å². The molecule has 1 saturated heterocycles. The Bertz CT molecular complexity index is 1020. The Labute approximate surface area is 196 Å². The summed E-state index contributed by atoms with van der Waals surface area (Å²) in [7, 11) is 0. The molecular formula is C24H29ClF3N3O2. The number of nitrogens with zero attached hydrogens (tertiary/aromatic N) is 1. The number of ether oxygens (including phenoxy) is 1. The number of fused-ring (bicyclic) bond motifs is 1. The van der Waals surface area contributed by atoms with Crippen LogP contribution in [-0.2, 0) is 15.7 Å². The summed E-state index contributed by atoms with van der Waals surface area (Å²) < 4.78 is 45.8. The van der Waals surface area contributed by atoms with Crippen molar-refractivity contribution in [1.29, 1.82) is 0 Å². The van der Waals surface area contributed by atoms with Crippen molar-refractivity contribution in [2.45, 2.75) is 76.2 Å². The molecule has 1 aromatic heterocycles. The van der Waals surface area contributed by atoms with Crippen LogP contribution in [0.4, 0.5) is 18.9 Å². The standard InChI is InChI=1S/C24H29ClF3N3O2/c1-23(2)13-14(9-10-33-23)22(32)30-17-6-4-16(5-7-17)29-20-12-21(24(26,27)28)31-19-8-3-15(25)11-18(19)20/h3,8,11-12,14,16-17H,4-7,9-10,13H2,1-2H3,(H,29,31)(H,30,32). The van der Waals surface area contributed by atoms with E-state index in [1.807, 2.05) is 13.8 Å². The molecule has 2 aliphatic rings. The summed E-state index contributed by atoms with van der Waals surface area (Å²) >= 11 is 6.09. The average Bonchev–Trinajstić information content (AvgIpc) is 2.74. The van der Waals surface area contributed by atoms with Crippen molar-refractivity contribution >= 4 is 34.1 Å². The molecule has 1 atom stereocenters. The number of hydrogen-bond acceptors (Lipinski definition) is 4. The summed E-state index contributed by atoms with van der Waals surface area (Å²) in [4.78, 5) is 16.5. The Morgan fingerprint density at radius 3 is 2.48 bits per heavy atom. The van der Waals surface area contributed by atoms with Gasteiger partial charge < -0.3 is 15.4 Å². The van der Waals surface area contributed by atoms with Crippen LogP contribution in [0.1, 0.15) is 58.1 Å². The summed E-state index contributed by atoms with van der Waals surface area (Å²) in [6.45, 7) is 4.60. The van der Waals surface area contributed by atoms with Gasteiger partial charge in [-0.2, -0.15) is 13.2 Å². The molecule has 180 valence electrons. The molecule has 1 aliphatic heterocycles. The average molecular weight is 484 g/mol. The predicted octanol–water partition coefficient (Wildman–Crippen LogP) is 5.95. The van der Waals surface area contributed by atoms with Gasteiger partial charge in [0, 0.05) is 40.7 Å². The SMILES string of the molecule is CC1(C)CC(C(=O)NC2CCC(Nc3cc(C(F)(F)F)nc4ccc(Cl)cc34)CC2)CCO1. The molecule has 4 rings (SSSR count). The molecule has 2 heterocycles. The molecule has 5 nitrogen and oxygen atoms in total. The highest BCUT2D eigenvalue weighted by Crippen LogP contribution is 2.35. The first kappa shape index (κ1) is 24.1. The van der Waals surface area contributed by atoms with Gasteiger partial charge in [0.05, 0.1) is 11.1 Å². The Hall–Kier alpha value is -2.06. The third-order valence-corrected chi connectivity index (χ3v) is 6.80. The van der Waals surface area contributed by atoms with E-state index in [9.17, 15) is 18.0 Å². The maximum atomic E-state index is 13.4. The van der Waals surface area contributed by atoms with Crippen LogP contribution in [0.2, 0.25) is 5.02 Å². The molecule has 2 fully saturated rings. The van der Waals surface area contributed by atoms with Crippen LogP contribution in [-0.4, -0.2) is 35.2 Å². The number of aromatic nitrogens is 1. The quantitative estimate of drug-likeness (QED) is 0.564. The van der Waals surface area contributed by atoms with E-state index in [0.29, 0.717) is 29.1 Å². The first-order valence-electron chi connectivity index (χ1n) is 11.4. The number of rotatable bonds is 4. The highest BCUT2D eigenvalue weighted by Gasteiger charge is 2.35. The summed E-state index contributed by atoms with van der Waals surface area (Å²) in [5.74, 6) is 0.0330. The molecule has 1 aliphatic carbocycles. The van der Waals surface area contributed by atoms with Crippen molar-refractivity contribution < 1.29 is 22.7 Å². The zero-order valence-electron chi connectivity index (χ0n) is 18.8. The number of anilines is 1. The lowest BCUT2D eigenvalue weighted by Gasteiger charge is -2.36. The monoisotopic (exact) mass is 483 g/mol. The number of carbonyl (C=O) groups excluding carboxylic acids is 1. The second-order valence-electron chi connectivity index (χ2n) is 9.71. The third-order valence-electron chi connectivity index (χ3n) is 6.56. The Balaban J connectivity index is 1.40. The Kier molecular flexibility index (Phi) is 6.78. The zero-order valence-corrected chi connectivity index (χ0v) is 19.5. The van der Waals surface area contributed by atoms with E-state index in [0.717, 1.165) is 38.2 Å². The van der Waals surface area contributed by atoms with E-state index in [-0.39, 0.29) is 35.0 Å². The van der Waals surface area contributed by atoms with Gasteiger partial charge in [0.15, 0.2) is 0 Å².